The van der Waals surface area contributed by atoms with Crippen LogP contribution in [0.1, 0.15) is 37.7 Å². The van der Waals surface area contributed by atoms with E-state index in [9.17, 15) is 8.78 Å². The molecule has 5 heterocycles. The fourth-order valence-electron chi connectivity index (χ4n) is 4.72. The van der Waals surface area contributed by atoms with Crippen molar-refractivity contribution in [2.75, 3.05) is 23.7 Å². The van der Waals surface area contributed by atoms with Gasteiger partial charge in [0.15, 0.2) is 17.5 Å². The van der Waals surface area contributed by atoms with Gasteiger partial charge in [-0.25, -0.2) is 28.7 Å². The Balaban J connectivity index is 1.40. The summed E-state index contributed by atoms with van der Waals surface area (Å²) < 4.78 is 27.3. The number of hydrogen-bond donors (Lipinski definition) is 3. The average Bonchev–Trinajstić information content (AvgIpc) is 3.72. The third-order valence-corrected chi connectivity index (χ3v) is 6.83. The molecule has 1 aliphatic heterocycles. The Bertz CT molecular complexity index is 1420. The summed E-state index contributed by atoms with van der Waals surface area (Å²) in [4.78, 5) is 22.3. The molecule has 3 N–H and O–H groups in total. The Morgan fingerprint density at radius 2 is 1.89 bits per heavy atom. The number of fused-ring (bicyclic) bond motifs is 1. The molecule has 36 heavy (non-hydrogen) atoms. The fourth-order valence-corrected chi connectivity index (χ4v) is 4.72. The molecule has 10 heteroatoms. The Kier molecular flexibility index (Phi) is 5.88. The predicted octanol–water partition coefficient (Wildman–Crippen LogP) is 4.79. The fraction of sp³-hybridized carbons (Fsp3) is 0.346. The van der Waals surface area contributed by atoms with Crippen LogP contribution in [-0.4, -0.2) is 44.1 Å². The van der Waals surface area contributed by atoms with Crippen LogP contribution in [0.4, 0.5) is 26.2 Å². The van der Waals surface area contributed by atoms with Crippen LogP contribution in [0.3, 0.4) is 0 Å². The number of aromatic nitrogens is 5. The quantitative estimate of drug-likeness (QED) is 0.356. The number of pyridine rings is 3. The van der Waals surface area contributed by atoms with E-state index < -0.39 is 11.6 Å². The van der Waals surface area contributed by atoms with E-state index >= 15 is 0 Å². The lowest BCUT2D eigenvalue weighted by molar-refractivity contribution is 0.368. The lowest BCUT2D eigenvalue weighted by Gasteiger charge is -2.31. The normalized spacial score (nSPS) is 19.9. The molecule has 0 unspecified atom stereocenters. The van der Waals surface area contributed by atoms with Crippen LogP contribution in [0, 0.1) is 17.6 Å². The molecule has 1 saturated carbocycles. The molecular formula is C26H26F2N8. The molecule has 0 aromatic carbocycles. The summed E-state index contributed by atoms with van der Waals surface area (Å²) in [5.74, 6) is 0.971. The van der Waals surface area contributed by atoms with E-state index in [4.69, 9.17) is 9.97 Å². The first kappa shape index (κ1) is 22.7. The maximum Gasteiger partial charge on any atom is 0.168 e. The first-order valence-electron chi connectivity index (χ1n) is 12.2. The van der Waals surface area contributed by atoms with Crippen molar-refractivity contribution < 1.29 is 8.78 Å². The molecule has 0 bridgehead atoms. The molecule has 2 atom stereocenters. The third kappa shape index (κ3) is 4.56. The minimum atomic E-state index is -0.801. The predicted molar refractivity (Wildman–Crippen MR) is 134 cm³/mol. The standard InChI is InChI=1S/C26H26F2N8/c1-14-10-29-6-5-20(14)33-26-23-18(15-2-3-15)12-30-13-21(23)34-24(36-26)16-4-7-31-22(8-16)35-25-19(28)9-17(27)11-32-25/h4,7-9,11-15,20,29H,2-3,5-6,10H2,1H3,(H,31,32,35)(H,33,34,36)/t14-,20+/m1/s1. The van der Waals surface area contributed by atoms with Crippen molar-refractivity contribution in [2.24, 2.45) is 5.92 Å². The minimum absolute atomic E-state index is 0.110. The van der Waals surface area contributed by atoms with Gasteiger partial charge in [-0.15, -0.1) is 0 Å². The summed E-state index contributed by atoms with van der Waals surface area (Å²) in [7, 11) is 0. The number of hydrogen-bond acceptors (Lipinski definition) is 8. The number of halogens is 2. The van der Waals surface area contributed by atoms with Crippen molar-refractivity contribution in [3.8, 4) is 11.4 Å². The summed E-state index contributed by atoms with van der Waals surface area (Å²) in [6.45, 7) is 4.15. The van der Waals surface area contributed by atoms with Gasteiger partial charge in [-0.05, 0) is 61.9 Å². The number of rotatable bonds is 6. The van der Waals surface area contributed by atoms with E-state index in [2.05, 4.69) is 37.8 Å². The number of nitrogens with zero attached hydrogens (tertiary/aromatic N) is 5. The van der Waals surface area contributed by atoms with Crippen molar-refractivity contribution in [2.45, 2.75) is 38.1 Å². The highest BCUT2D eigenvalue weighted by atomic mass is 19.1. The molecule has 4 aromatic heterocycles. The van der Waals surface area contributed by atoms with E-state index in [1.165, 1.54) is 5.56 Å². The van der Waals surface area contributed by atoms with Gasteiger partial charge in [-0.2, -0.15) is 0 Å². The zero-order valence-corrected chi connectivity index (χ0v) is 19.8. The maximum atomic E-state index is 14.1. The molecule has 2 aliphatic rings. The smallest absolute Gasteiger partial charge is 0.168 e. The maximum absolute atomic E-state index is 14.1. The van der Waals surface area contributed by atoms with Gasteiger partial charge < -0.3 is 16.0 Å². The highest BCUT2D eigenvalue weighted by molar-refractivity contribution is 5.93. The Labute approximate surface area is 207 Å². The molecule has 0 spiro atoms. The second-order valence-electron chi connectivity index (χ2n) is 9.55. The van der Waals surface area contributed by atoms with Gasteiger partial charge >= 0.3 is 0 Å². The largest absolute Gasteiger partial charge is 0.366 e. The van der Waals surface area contributed by atoms with Crippen LogP contribution in [0.5, 0.6) is 0 Å². The van der Waals surface area contributed by atoms with Crippen LogP contribution in [0.15, 0.2) is 43.0 Å². The topological polar surface area (TPSA) is 101 Å². The van der Waals surface area contributed by atoms with Crippen molar-refractivity contribution in [3.63, 3.8) is 0 Å². The van der Waals surface area contributed by atoms with Gasteiger partial charge in [0.2, 0.25) is 0 Å². The van der Waals surface area contributed by atoms with Crippen LogP contribution in [-0.2, 0) is 0 Å². The first-order chi connectivity index (χ1) is 17.5. The molecule has 4 aromatic rings. The Morgan fingerprint density at radius 3 is 2.69 bits per heavy atom. The Morgan fingerprint density at radius 1 is 1.00 bits per heavy atom. The van der Waals surface area contributed by atoms with Gasteiger partial charge in [0.05, 0.1) is 17.9 Å². The monoisotopic (exact) mass is 488 g/mol. The first-order valence-corrected chi connectivity index (χ1v) is 12.2. The SMILES string of the molecule is C[C@@H]1CNCC[C@@H]1Nc1nc(-c2ccnc(Nc3ncc(F)cc3F)c2)nc2cncc(C3CC3)c12. The zero-order chi connectivity index (χ0) is 24.6. The summed E-state index contributed by atoms with van der Waals surface area (Å²) in [6, 6.07) is 4.59. The van der Waals surface area contributed by atoms with Crippen molar-refractivity contribution >= 4 is 28.4 Å². The minimum Gasteiger partial charge on any atom is -0.366 e. The highest BCUT2D eigenvalue weighted by Gasteiger charge is 2.29. The second kappa shape index (κ2) is 9.34. The van der Waals surface area contributed by atoms with E-state index in [0.29, 0.717) is 35.1 Å². The molecule has 1 aliphatic carbocycles. The molecule has 8 nitrogen and oxygen atoms in total. The molecule has 6 rings (SSSR count). The molecule has 0 radical (unpaired) electrons. The number of nitrogens with one attached hydrogen (secondary N) is 3. The second-order valence-corrected chi connectivity index (χ2v) is 9.55. The molecule has 1 saturated heterocycles. The van der Waals surface area contributed by atoms with E-state index in [1.54, 1.807) is 24.5 Å². The van der Waals surface area contributed by atoms with Crippen LogP contribution >= 0.6 is 0 Å². The lowest BCUT2D eigenvalue weighted by Crippen LogP contribution is -2.42. The van der Waals surface area contributed by atoms with Gasteiger partial charge in [-0.1, -0.05) is 6.92 Å². The van der Waals surface area contributed by atoms with Gasteiger partial charge in [0.25, 0.3) is 0 Å². The van der Waals surface area contributed by atoms with Crippen LogP contribution in [0.2, 0.25) is 0 Å². The Hall–Kier alpha value is -3.79. The van der Waals surface area contributed by atoms with Crippen LogP contribution in [0.25, 0.3) is 22.3 Å². The lowest BCUT2D eigenvalue weighted by atomic mass is 9.95. The summed E-state index contributed by atoms with van der Waals surface area (Å²) in [6.07, 6.45) is 9.57. The number of piperidine rings is 1. The summed E-state index contributed by atoms with van der Waals surface area (Å²) in [5.41, 5.74) is 2.68. The molecule has 2 fully saturated rings. The van der Waals surface area contributed by atoms with Gasteiger partial charge in [-0.3, -0.25) is 4.98 Å². The molecular weight excluding hydrogens is 462 g/mol. The van der Waals surface area contributed by atoms with E-state index in [0.717, 1.165) is 61.3 Å². The van der Waals surface area contributed by atoms with Crippen molar-refractivity contribution in [1.29, 1.82) is 0 Å². The summed E-state index contributed by atoms with van der Waals surface area (Å²) in [5, 5.41) is 11.0. The number of anilines is 3. The van der Waals surface area contributed by atoms with E-state index in [1.807, 2.05) is 6.20 Å². The highest BCUT2D eigenvalue weighted by Crippen LogP contribution is 2.44. The van der Waals surface area contributed by atoms with Gasteiger partial charge in [0.1, 0.15) is 17.5 Å². The molecule has 0 amide bonds. The van der Waals surface area contributed by atoms with Crippen molar-refractivity contribution in [1.82, 2.24) is 30.2 Å². The van der Waals surface area contributed by atoms with E-state index in [-0.39, 0.29) is 5.82 Å². The average molecular weight is 489 g/mol. The zero-order valence-electron chi connectivity index (χ0n) is 19.8. The van der Waals surface area contributed by atoms with Crippen molar-refractivity contribution in [3.05, 3.63) is 60.2 Å². The summed E-state index contributed by atoms with van der Waals surface area (Å²) >= 11 is 0. The van der Waals surface area contributed by atoms with Gasteiger partial charge in [0, 0.05) is 35.5 Å². The third-order valence-electron chi connectivity index (χ3n) is 6.83. The van der Waals surface area contributed by atoms with Crippen LogP contribution < -0.4 is 16.0 Å². The molecule has 184 valence electrons.